The summed E-state index contributed by atoms with van der Waals surface area (Å²) < 4.78 is 41.0. The number of nitrogens with one attached hydrogen (secondary N) is 1. The molecular formula is C14H12F3N5O2S2. The molecule has 0 bridgehead atoms. The lowest BCUT2D eigenvalue weighted by Crippen LogP contribution is -2.50. The van der Waals surface area contributed by atoms with Gasteiger partial charge in [0.2, 0.25) is 16.9 Å². The molecule has 1 atom stereocenters. The van der Waals surface area contributed by atoms with Crippen molar-refractivity contribution in [3.63, 3.8) is 0 Å². The van der Waals surface area contributed by atoms with Crippen LogP contribution in [0.1, 0.15) is 6.42 Å². The third-order valence-corrected chi connectivity index (χ3v) is 5.39. The summed E-state index contributed by atoms with van der Waals surface area (Å²) in [6, 6.07) is 3.63. The SMILES string of the molecule is Nc1nnc(SCC(=O)N2c3ccccc3NC(=O)CC2C(F)(F)F)s1. The normalized spacial score (nSPS) is 17.4. The minimum atomic E-state index is -4.76. The summed E-state index contributed by atoms with van der Waals surface area (Å²) in [7, 11) is 0. The van der Waals surface area contributed by atoms with Crippen LogP contribution in [0.3, 0.4) is 0 Å². The van der Waals surface area contributed by atoms with Crippen LogP contribution in [0.5, 0.6) is 0 Å². The van der Waals surface area contributed by atoms with E-state index in [1.807, 2.05) is 0 Å². The number of thioether (sulfide) groups is 1. The largest absolute Gasteiger partial charge is 0.409 e. The van der Waals surface area contributed by atoms with Crippen molar-refractivity contribution in [1.82, 2.24) is 10.2 Å². The van der Waals surface area contributed by atoms with Crippen molar-refractivity contribution in [2.75, 3.05) is 21.7 Å². The fourth-order valence-corrected chi connectivity index (χ4v) is 3.96. The highest BCUT2D eigenvalue weighted by Gasteiger charge is 2.48. The van der Waals surface area contributed by atoms with Crippen LogP contribution in [0.4, 0.5) is 29.7 Å². The van der Waals surface area contributed by atoms with Crippen LogP contribution < -0.4 is 16.0 Å². The highest BCUT2D eigenvalue weighted by molar-refractivity contribution is 8.01. The molecule has 2 amide bonds. The Labute approximate surface area is 153 Å². The molecule has 0 radical (unpaired) electrons. The zero-order chi connectivity index (χ0) is 18.9. The number of nitrogens with zero attached hydrogens (tertiary/aromatic N) is 3. The summed E-state index contributed by atoms with van der Waals surface area (Å²) >= 11 is 1.97. The van der Waals surface area contributed by atoms with Gasteiger partial charge < -0.3 is 11.1 Å². The van der Waals surface area contributed by atoms with Crippen LogP contribution in [0.25, 0.3) is 0 Å². The second-order valence-electron chi connectivity index (χ2n) is 5.29. The Bertz CT molecular complexity index is 842. The first-order valence-electron chi connectivity index (χ1n) is 7.25. The van der Waals surface area contributed by atoms with Gasteiger partial charge in [0.1, 0.15) is 6.04 Å². The molecule has 1 aliphatic rings. The van der Waals surface area contributed by atoms with Gasteiger partial charge in [0.25, 0.3) is 0 Å². The summed E-state index contributed by atoms with van der Waals surface area (Å²) in [5.41, 5.74) is 5.61. The van der Waals surface area contributed by atoms with Crippen LogP contribution in [-0.2, 0) is 9.59 Å². The molecule has 2 aromatic rings. The van der Waals surface area contributed by atoms with Gasteiger partial charge in [0.15, 0.2) is 4.34 Å². The lowest BCUT2D eigenvalue weighted by Gasteiger charge is -2.31. The smallest absolute Gasteiger partial charge is 0.374 e. The molecular weight excluding hydrogens is 391 g/mol. The van der Waals surface area contributed by atoms with E-state index < -0.39 is 30.5 Å². The van der Waals surface area contributed by atoms with E-state index in [1.165, 1.54) is 18.2 Å². The number of carbonyl (C=O) groups is 2. The molecule has 7 nitrogen and oxygen atoms in total. The van der Waals surface area contributed by atoms with E-state index in [0.717, 1.165) is 23.1 Å². The number of rotatable bonds is 3. The molecule has 0 spiro atoms. The van der Waals surface area contributed by atoms with Gasteiger partial charge in [-0.2, -0.15) is 13.2 Å². The topological polar surface area (TPSA) is 101 Å². The number of benzene rings is 1. The van der Waals surface area contributed by atoms with Gasteiger partial charge in [0.05, 0.1) is 23.5 Å². The lowest BCUT2D eigenvalue weighted by atomic mass is 10.1. The third kappa shape index (κ3) is 3.90. The van der Waals surface area contributed by atoms with Crippen molar-refractivity contribution in [1.29, 1.82) is 0 Å². The number of amides is 2. The van der Waals surface area contributed by atoms with Crippen molar-refractivity contribution in [2.45, 2.75) is 23.0 Å². The van der Waals surface area contributed by atoms with Crippen molar-refractivity contribution >= 4 is 51.4 Å². The Morgan fingerprint density at radius 1 is 1.38 bits per heavy atom. The first-order valence-corrected chi connectivity index (χ1v) is 9.05. The number of nitrogens with two attached hydrogens (primary N) is 1. The van der Waals surface area contributed by atoms with Crippen molar-refractivity contribution in [2.24, 2.45) is 0 Å². The maximum Gasteiger partial charge on any atom is 0.409 e. The number of alkyl halides is 3. The van der Waals surface area contributed by atoms with E-state index >= 15 is 0 Å². The molecule has 138 valence electrons. The van der Waals surface area contributed by atoms with Gasteiger partial charge in [-0.05, 0) is 12.1 Å². The molecule has 1 unspecified atom stereocenters. The van der Waals surface area contributed by atoms with E-state index in [1.54, 1.807) is 6.07 Å². The van der Waals surface area contributed by atoms with E-state index in [9.17, 15) is 22.8 Å². The number of para-hydroxylation sites is 2. The molecule has 0 aliphatic carbocycles. The molecule has 0 saturated heterocycles. The van der Waals surface area contributed by atoms with Crippen LogP contribution in [0.2, 0.25) is 0 Å². The molecule has 26 heavy (non-hydrogen) atoms. The fourth-order valence-electron chi connectivity index (χ4n) is 2.47. The predicted octanol–water partition coefficient (Wildman–Crippen LogP) is 2.52. The summed E-state index contributed by atoms with van der Waals surface area (Å²) in [6.07, 6.45) is -5.64. The molecule has 1 aliphatic heterocycles. The summed E-state index contributed by atoms with van der Waals surface area (Å²) in [4.78, 5) is 25.1. The Morgan fingerprint density at radius 2 is 2.12 bits per heavy atom. The highest BCUT2D eigenvalue weighted by Crippen LogP contribution is 2.38. The van der Waals surface area contributed by atoms with E-state index in [4.69, 9.17) is 5.73 Å². The summed E-state index contributed by atoms with van der Waals surface area (Å²) in [6.45, 7) is 0. The van der Waals surface area contributed by atoms with Gasteiger partial charge in [-0.1, -0.05) is 35.2 Å². The zero-order valence-electron chi connectivity index (χ0n) is 13.0. The van der Waals surface area contributed by atoms with Gasteiger partial charge in [-0.25, -0.2) is 0 Å². The van der Waals surface area contributed by atoms with E-state index in [-0.39, 0.29) is 22.3 Å². The van der Waals surface area contributed by atoms with Gasteiger partial charge >= 0.3 is 6.18 Å². The molecule has 12 heteroatoms. The number of halogens is 3. The average molecular weight is 403 g/mol. The van der Waals surface area contributed by atoms with Crippen molar-refractivity contribution in [3.8, 4) is 0 Å². The van der Waals surface area contributed by atoms with Crippen LogP contribution in [0, 0.1) is 0 Å². The van der Waals surface area contributed by atoms with Crippen molar-refractivity contribution in [3.05, 3.63) is 24.3 Å². The number of hydrogen-bond acceptors (Lipinski definition) is 7. The number of aromatic nitrogens is 2. The Kier molecular flexibility index (Phi) is 5.05. The molecule has 1 aromatic heterocycles. The number of carbonyl (C=O) groups excluding carboxylic acids is 2. The minimum Gasteiger partial charge on any atom is -0.374 e. The third-order valence-electron chi connectivity index (χ3n) is 3.52. The monoisotopic (exact) mass is 403 g/mol. The number of fused-ring (bicyclic) bond motifs is 1. The standard InChI is InChI=1S/C14H12F3N5O2S2/c15-14(16,17)9-5-10(23)19-7-3-1-2-4-8(7)22(9)11(24)6-25-13-21-20-12(18)26-13/h1-4,9H,5-6H2,(H2,18,20)(H,19,23). The Hall–Kier alpha value is -2.34. The quantitative estimate of drug-likeness (QED) is 0.764. The van der Waals surface area contributed by atoms with Gasteiger partial charge in [-0.3, -0.25) is 14.5 Å². The van der Waals surface area contributed by atoms with E-state index in [2.05, 4.69) is 15.5 Å². The van der Waals surface area contributed by atoms with Gasteiger partial charge in [0, 0.05) is 0 Å². The van der Waals surface area contributed by atoms with E-state index in [0.29, 0.717) is 9.24 Å². The average Bonchev–Trinajstić information content (AvgIpc) is 2.90. The lowest BCUT2D eigenvalue weighted by molar-refractivity contribution is -0.157. The number of anilines is 3. The Morgan fingerprint density at radius 3 is 2.77 bits per heavy atom. The van der Waals surface area contributed by atoms with Gasteiger partial charge in [-0.15, -0.1) is 10.2 Å². The minimum absolute atomic E-state index is 0.00283. The molecule has 0 fully saturated rings. The molecule has 0 saturated carbocycles. The Balaban J connectivity index is 1.93. The maximum absolute atomic E-state index is 13.5. The number of hydrogen-bond donors (Lipinski definition) is 2. The summed E-state index contributed by atoms with van der Waals surface area (Å²) in [5.74, 6) is -1.90. The molecule has 1 aromatic carbocycles. The predicted molar refractivity (Wildman–Crippen MR) is 92.1 cm³/mol. The van der Waals surface area contributed by atoms with Crippen LogP contribution in [0.15, 0.2) is 28.6 Å². The fraction of sp³-hybridized carbons (Fsp3) is 0.286. The first kappa shape index (κ1) is 18.5. The molecule has 3 rings (SSSR count). The van der Waals surface area contributed by atoms with Crippen LogP contribution >= 0.6 is 23.1 Å². The maximum atomic E-state index is 13.5. The second kappa shape index (κ2) is 7.11. The zero-order valence-corrected chi connectivity index (χ0v) is 14.6. The van der Waals surface area contributed by atoms with Crippen LogP contribution in [-0.4, -0.2) is 40.0 Å². The first-order chi connectivity index (χ1) is 12.3. The summed E-state index contributed by atoms with van der Waals surface area (Å²) in [5, 5.41) is 9.92. The number of nitrogen functional groups attached to an aromatic ring is 1. The highest BCUT2D eigenvalue weighted by atomic mass is 32.2. The van der Waals surface area contributed by atoms with Crippen molar-refractivity contribution < 1.29 is 22.8 Å². The molecule has 3 N–H and O–H groups in total. The molecule has 2 heterocycles. The second-order valence-corrected chi connectivity index (χ2v) is 7.52.